The second-order valence-electron chi connectivity index (χ2n) is 11.0. The number of fused-ring (bicyclic) bond motifs is 2. The zero-order valence-electron chi connectivity index (χ0n) is 23.9. The number of hydrogen-bond acceptors (Lipinski definition) is 3. The van der Waals surface area contributed by atoms with E-state index in [4.69, 9.17) is 4.98 Å². The molecule has 0 N–H and O–H groups in total. The van der Waals surface area contributed by atoms with Crippen LogP contribution in [0.25, 0.3) is 77.4 Å². The van der Waals surface area contributed by atoms with Crippen LogP contribution in [0.3, 0.4) is 0 Å². The van der Waals surface area contributed by atoms with Gasteiger partial charge in [0.25, 0.3) is 0 Å². The number of hydrogen-bond donors (Lipinski definition) is 0. The van der Waals surface area contributed by atoms with Gasteiger partial charge in [0.1, 0.15) is 0 Å². The maximum atomic E-state index is 5.37. The van der Waals surface area contributed by atoms with Gasteiger partial charge in [0.2, 0.25) is 0 Å². The van der Waals surface area contributed by atoms with E-state index in [0.717, 1.165) is 50.3 Å². The van der Waals surface area contributed by atoms with Crippen LogP contribution in [0, 0.1) is 0 Å². The first-order valence-electron chi connectivity index (χ1n) is 14.7. The zero-order chi connectivity index (χ0) is 29.3. The molecule has 8 aromatic rings. The summed E-state index contributed by atoms with van der Waals surface area (Å²) in [7, 11) is 0. The molecule has 8 rings (SSSR count). The van der Waals surface area contributed by atoms with Crippen molar-refractivity contribution in [3.8, 4) is 55.9 Å². The zero-order valence-corrected chi connectivity index (χ0v) is 23.9. The molecular formula is C41H27N3. The molecule has 3 nitrogen and oxygen atoms in total. The van der Waals surface area contributed by atoms with Crippen molar-refractivity contribution in [3.63, 3.8) is 0 Å². The van der Waals surface area contributed by atoms with Crippen LogP contribution < -0.4 is 0 Å². The molecule has 0 saturated heterocycles. The minimum atomic E-state index is 0.921. The molecule has 3 heterocycles. The summed E-state index contributed by atoms with van der Waals surface area (Å²) >= 11 is 0. The second-order valence-corrected chi connectivity index (χ2v) is 11.0. The van der Waals surface area contributed by atoms with Crippen molar-refractivity contribution in [2.75, 3.05) is 0 Å². The van der Waals surface area contributed by atoms with Gasteiger partial charge in [0, 0.05) is 35.9 Å². The first-order chi connectivity index (χ1) is 21.8. The molecule has 3 aromatic heterocycles. The quantitative estimate of drug-likeness (QED) is 0.210. The van der Waals surface area contributed by atoms with Gasteiger partial charge >= 0.3 is 0 Å². The predicted octanol–water partition coefficient (Wildman–Crippen LogP) is 10.5. The van der Waals surface area contributed by atoms with Crippen LogP contribution >= 0.6 is 0 Å². The van der Waals surface area contributed by atoms with E-state index in [9.17, 15) is 0 Å². The maximum Gasteiger partial charge on any atom is 0.0721 e. The Bertz CT molecular complexity index is 2110. The molecule has 0 amide bonds. The predicted molar refractivity (Wildman–Crippen MR) is 182 cm³/mol. The van der Waals surface area contributed by atoms with E-state index in [1.807, 2.05) is 24.8 Å². The molecule has 0 atom stereocenters. The molecule has 206 valence electrons. The van der Waals surface area contributed by atoms with Crippen molar-refractivity contribution in [1.82, 2.24) is 15.0 Å². The van der Waals surface area contributed by atoms with Crippen LogP contribution in [0.15, 0.2) is 164 Å². The third kappa shape index (κ3) is 4.81. The van der Waals surface area contributed by atoms with Gasteiger partial charge < -0.3 is 0 Å². The number of aromatic nitrogens is 3. The van der Waals surface area contributed by atoms with Crippen LogP contribution in [0.5, 0.6) is 0 Å². The fourth-order valence-electron chi connectivity index (χ4n) is 6.10. The van der Waals surface area contributed by atoms with Gasteiger partial charge in [-0.2, -0.15) is 0 Å². The van der Waals surface area contributed by atoms with E-state index < -0.39 is 0 Å². The Hall–Kier alpha value is -5.93. The van der Waals surface area contributed by atoms with Gasteiger partial charge in [-0.1, -0.05) is 84.9 Å². The lowest BCUT2D eigenvalue weighted by atomic mass is 9.92. The van der Waals surface area contributed by atoms with E-state index >= 15 is 0 Å². The molecule has 0 aliphatic heterocycles. The first kappa shape index (κ1) is 25.8. The van der Waals surface area contributed by atoms with Crippen LogP contribution in [-0.2, 0) is 0 Å². The fraction of sp³-hybridized carbons (Fsp3) is 0. The highest BCUT2D eigenvalue weighted by molar-refractivity contribution is 6.00. The first-order valence-corrected chi connectivity index (χ1v) is 14.7. The SMILES string of the molecule is c1ccc2c(-c3cc(-c4cc(-c5ccncc5)cc(-c5ccncc5)c4)nc(-c4cccc5ccccc45)c3)cccc2c1. The molecule has 0 bridgehead atoms. The van der Waals surface area contributed by atoms with Crippen molar-refractivity contribution in [2.24, 2.45) is 0 Å². The van der Waals surface area contributed by atoms with Crippen molar-refractivity contribution in [1.29, 1.82) is 0 Å². The van der Waals surface area contributed by atoms with E-state index in [0.29, 0.717) is 0 Å². The van der Waals surface area contributed by atoms with E-state index in [2.05, 4.69) is 149 Å². The summed E-state index contributed by atoms with van der Waals surface area (Å²) < 4.78 is 0. The minimum absolute atomic E-state index is 0.921. The highest BCUT2D eigenvalue weighted by atomic mass is 14.7. The van der Waals surface area contributed by atoms with Crippen LogP contribution in [0.1, 0.15) is 0 Å². The molecule has 5 aromatic carbocycles. The van der Waals surface area contributed by atoms with Gasteiger partial charge in [-0.25, -0.2) is 4.98 Å². The molecule has 0 aliphatic rings. The average molecular weight is 562 g/mol. The lowest BCUT2D eigenvalue weighted by Gasteiger charge is -2.15. The Morgan fingerprint density at radius 3 is 1.41 bits per heavy atom. The highest BCUT2D eigenvalue weighted by Crippen LogP contribution is 2.38. The van der Waals surface area contributed by atoms with Gasteiger partial charge in [-0.15, -0.1) is 0 Å². The van der Waals surface area contributed by atoms with Crippen molar-refractivity contribution >= 4 is 21.5 Å². The monoisotopic (exact) mass is 561 g/mol. The minimum Gasteiger partial charge on any atom is -0.265 e. The summed E-state index contributed by atoms with van der Waals surface area (Å²) in [6.07, 6.45) is 7.36. The highest BCUT2D eigenvalue weighted by Gasteiger charge is 2.15. The summed E-state index contributed by atoms with van der Waals surface area (Å²) in [6.45, 7) is 0. The van der Waals surface area contributed by atoms with Gasteiger partial charge in [0.15, 0.2) is 0 Å². The molecule has 0 spiro atoms. The van der Waals surface area contributed by atoms with Gasteiger partial charge in [-0.3, -0.25) is 9.97 Å². The lowest BCUT2D eigenvalue weighted by molar-refractivity contribution is 1.32. The normalized spacial score (nSPS) is 11.2. The molecule has 0 unspecified atom stereocenters. The average Bonchev–Trinajstić information content (AvgIpc) is 3.11. The molecule has 44 heavy (non-hydrogen) atoms. The Balaban J connectivity index is 1.41. The largest absolute Gasteiger partial charge is 0.265 e. The number of benzene rings is 5. The molecular weight excluding hydrogens is 534 g/mol. The number of nitrogens with zero attached hydrogens (tertiary/aromatic N) is 3. The summed E-state index contributed by atoms with van der Waals surface area (Å²) in [5.41, 5.74) is 10.8. The maximum absolute atomic E-state index is 5.37. The summed E-state index contributed by atoms with van der Waals surface area (Å²) in [6, 6.07) is 49.5. The standard InChI is InChI=1S/C41H27N3/c1-3-11-36-30(7-1)9-5-13-38(36)34-26-40(44-41(27-34)39-14-6-10-31-8-2-4-12-37(31)39)35-24-32(28-15-19-42-20-16-28)23-33(25-35)29-17-21-43-22-18-29/h1-27H. The Labute approximate surface area is 256 Å². The summed E-state index contributed by atoms with van der Waals surface area (Å²) in [4.78, 5) is 13.9. The third-order valence-electron chi connectivity index (χ3n) is 8.25. The Kier molecular flexibility index (Phi) is 6.47. The lowest BCUT2D eigenvalue weighted by Crippen LogP contribution is -1.94. The molecule has 0 aliphatic carbocycles. The second kappa shape index (κ2) is 11.0. The van der Waals surface area contributed by atoms with Crippen LogP contribution in [0.2, 0.25) is 0 Å². The van der Waals surface area contributed by atoms with Crippen molar-refractivity contribution in [3.05, 3.63) is 164 Å². The summed E-state index contributed by atoms with van der Waals surface area (Å²) in [5.74, 6) is 0. The molecule has 0 saturated carbocycles. The topological polar surface area (TPSA) is 38.7 Å². The van der Waals surface area contributed by atoms with Crippen LogP contribution in [-0.4, -0.2) is 15.0 Å². The van der Waals surface area contributed by atoms with Crippen LogP contribution in [0.4, 0.5) is 0 Å². The smallest absolute Gasteiger partial charge is 0.0721 e. The van der Waals surface area contributed by atoms with Gasteiger partial charge in [-0.05, 0) is 110 Å². The molecule has 3 heteroatoms. The Morgan fingerprint density at radius 1 is 0.318 bits per heavy atom. The van der Waals surface area contributed by atoms with E-state index in [1.165, 1.54) is 27.1 Å². The van der Waals surface area contributed by atoms with E-state index in [1.54, 1.807) is 0 Å². The molecule has 0 fully saturated rings. The number of pyridine rings is 3. The summed E-state index contributed by atoms with van der Waals surface area (Å²) in [5, 5.41) is 4.82. The Morgan fingerprint density at radius 2 is 0.795 bits per heavy atom. The fourth-order valence-corrected chi connectivity index (χ4v) is 6.10. The van der Waals surface area contributed by atoms with Crippen molar-refractivity contribution in [2.45, 2.75) is 0 Å². The number of rotatable bonds is 5. The van der Waals surface area contributed by atoms with E-state index in [-0.39, 0.29) is 0 Å². The van der Waals surface area contributed by atoms with Crippen molar-refractivity contribution < 1.29 is 0 Å². The molecule has 0 radical (unpaired) electrons. The van der Waals surface area contributed by atoms with Gasteiger partial charge in [0.05, 0.1) is 11.4 Å². The third-order valence-corrected chi connectivity index (χ3v) is 8.25.